The highest BCUT2D eigenvalue weighted by Crippen LogP contribution is 2.47. The minimum Gasteiger partial charge on any atom is -0.329 e. The van der Waals surface area contributed by atoms with Crippen LogP contribution in [0.15, 0.2) is 0 Å². The first-order valence-electron chi connectivity index (χ1n) is 7.69. The van der Waals surface area contributed by atoms with Crippen LogP contribution in [0.4, 0.5) is 0 Å². The van der Waals surface area contributed by atoms with Crippen LogP contribution in [0, 0.1) is 23.2 Å². The highest BCUT2D eigenvalue weighted by Gasteiger charge is 2.46. The molecule has 2 fully saturated rings. The Kier molecular flexibility index (Phi) is 3.81. The van der Waals surface area contributed by atoms with Crippen molar-refractivity contribution in [3.63, 3.8) is 0 Å². The summed E-state index contributed by atoms with van der Waals surface area (Å²) in [6, 6.07) is 0. The minimum absolute atomic E-state index is 0.253. The Bertz CT molecular complexity index is 299. The van der Waals surface area contributed by atoms with E-state index in [2.05, 4.69) is 39.6 Å². The summed E-state index contributed by atoms with van der Waals surface area (Å²) >= 11 is 0. The summed E-state index contributed by atoms with van der Waals surface area (Å²) in [5, 5.41) is 0. The molecule has 4 atom stereocenters. The molecule has 0 aromatic rings. The largest absolute Gasteiger partial charge is 0.329 e. The molecular weight excluding hydrogens is 220 g/mol. The van der Waals surface area contributed by atoms with Crippen LogP contribution in [0.2, 0.25) is 0 Å². The zero-order chi connectivity index (χ0) is 13.6. The van der Waals surface area contributed by atoms with Gasteiger partial charge >= 0.3 is 0 Å². The first-order valence-corrected chi connectivity index (χ1v) is 7.69. The van der Waals surface area contributed by atoms with Gasteiger partial charge in [-0.1, -0.05) is 27.7 Å². The molecule has 2 nitrogen and oxygen atoms in total. The number of hydrogen-bond donors (Lipinski definition) is 1. The van der Waals surface area contributed by atoms with Crippen molar-refractivity contribution >= 4 is 0 Å². The second-order valence-corrected chi connectivity index (χ2v) is 8.14. The molecule has 0 aromatic heterocycles. The van der Waals surface area contributed by atoms with Crippen LogP contribution in [-0.2, 0) is 0 Å². The lowest BCUT2D eigenvalue weighted by molar-refractivity contribution is 0.000493. The number of hydrogen-bond acceptors (Lipinski definition) is 2. The van der Waals surface area contributed by atoms with Crippen LogP contribution in [0.3, 0.4) is 0 Å². The summed E-state index contributed by atoms with van der Waals surface area (Å²) in [5.41, 5.74) is 6.91. The zero-order valence-electron chi connectivity index (χ0n) is 13.0. The normalized spacial score (nSPS) is 43.2. The van der Waals surface area contributed by atoms with E-state index in [-0.39, 0.29) is 5.54 Å². The molecule has 2 aliphatic rings. The maximum Gasteiger partial charge on any atom is 0.0336 e. The Balaban J connectivity index is 2.08. The van der Waals surface area contributed by atoms with Crippen molar-refractivity contribution < 1.29 is 0 Å². The summed E-state index contributed by atoms with van der Waals surface area (Å²) in [6.07, 6.45) is 5.31. The van der Waals surface area contributed by atoms with Crippen LogP contribution in [0.1, 0.15) is 53.4 Å². The molecule has 2 heteroatoms. The van der Waals surface area contributed by atoms with Gasteiger partial charge in [0.2, 0.25) is 0 Å². The molecule has 106 valence electrons. The molecule has 2 rings (SSSR count). The summed E-state index contributed by atoms with van der Waals surface area (Å²) in [5.74, 6) is 2.67. The third-order valence-corrected chi connectivity index (χ3v) is 5.41. The monoisotopic (exact) mass is 252 g/mol. The molecule has 2 saturated carbocycles. The standard InChI is InChI=1S/C16H32N2/c1-12-7-15(3,4)10-16(8-12,11-17)18(5)9-14-6-13(14)2/h12-14H,6-11,17H2,1-5H3. The van der Waals surface area contributed by atoms with Crippen LogP contribution >= 0.6 is 0 Å². The van der Waals surface area contributed by atoms with Gasteiger partial charge in [-0.2, -0.15) is 0 Å². The fraction of sp³-hybridized carbons (Fsp3) is 1.00. The third-order valence-electron chi connectivity index (χ3n) is 5.41. The van der Waals surface area contributed by atoms with Gasteiger partial charge in [0.1, 0.15) is 0 Å². The molecule has 4 unspecified atom stereocenters. The molecule has 18 heavy (non-hydrogen) atoms. The Labute approximate surface area is 113 Å². The van der Waals surface area contributed by atoms with Crippen molar-refractivity contribution in [3.8, 4) is 0 Å². The first kappa shape index (κ1) is 14.3. The van der Waals surface area contributed by atoms with E-state index in [1.165, 1.54) is 32.2 Å². The molecule has 0 amide bonds. The van der Waals surface area contributed by atoms with Gasteiger partial charge in [-0.05, 0) is 55.9 Å². The van der Waals surface area contributed by atoms with Gasteiger partial charge in [-0.25, -0.2) is 0 Å². The molecule has 0 aromatic carbocycles. The summed E-state index contributed by atoms with van der Waals surface area (Å²) in [4.78, 5) is 2.61. The van der Waals surface area contributed by atoms with Crippen LogP contribution in [0.25, 0.3) is 0 Å². The lowest BCUT2D eigenvalue weighted by atomic mass is 9.63. The van der Waals surface area contributed by atoms with Crippen LogP contribution in [-0.4, -0.2) is 30.6 Å². The summed E-state index contributed by atoms with van der Waals surface area (Å²) in [6.45, 7) is 11.7. The van der Waals surface area contributed by atoms with Crippen molar-refractivity contribution in [3.05, 3.63) is 0 Å². The van der Waals surface area contributed by atoms with Crippen LogP contribution in [0.5, 0.6) is 0 Å². The Morgan fingerprint density at radius 3 is 2.28 bits per heavy atom. The van der Waals surface area contributed by atoms with Crippen molar-refractivity contribution in [2.45, 2.75) is 58.9 Å². The van der Waals surface area contributed by atoms with E-state index in [0.29, 0.717) is 5.41 Å². The van der Waals surface area contributed by atoms with Gasteiger partial charge in [0, 0.05) is 18.6 Å². The average molecular weight is 252 g/mol. The highest BCUT2D eigenvalue weighted by atomic mass is 15.2. The maximum absolute atomic E-state index is 6.21. The highest BCUT2D eigenvalue weighted by molar-refractivity contribution is 5.01. The molecule has 0 bridgehead atoms. The van der Waals surface area contributed by atoms with Crippen molar-refractivity contribution in [2.24, 2.45) is 28.9 Å². The Morgan fingerprint density at radius 1 is 1.22 bits per heavy atom. The SMILES string of the molecule is CC1CC(C)(C)CC(CN)(N(C)CC2CC2C)C1. The summed E-state index contributed by atoms with van der Waals surface area (Å²) < 4.78 is 0. The van der Waals surface area contributed by atoms with E-state index in [0.717, 1.165) is 24.3 Å². The summed E-state index contributed by atoms with van der Waals surface area (Å²) in [7, 11) is 2.31. The van der Waals surface area contributed by atoms with Gasteiger partial charge in [0.05, 0.1) is 0 Å². The van der Waals surface area contributed by atoms with Crippen molar-refractivity contribution in [2.75, 3.05) is 20.1 Å². The van der Waals surface area contributed by atoms with Gasteiger partial charge in [0.25, 0.3) is 0 Å². The van der Waals surface area contributed by atoms with Gasteiger partial charge in [-0.15, -0.1) is 0 Å². The topological polar surface area (TPSA) is 29.3 Å². The molecule has 2 aliphatic carbocycles. The van der Waals surface area contributed by atoms with Crippen molar-refractivity contribution in [1.29, 1.82) is 0 Å². The fourth-order valence-electron chi connectivity index (χ4n) is 4.50. The molecular formula is C16H32N2. The Hall–Kier alpha value is -0.0800. The lowest BCUT2D eigenvalue weighted by Crippen LogP contribution is -2.58. The molecule has 0 saturated heterocycles. The van der Waals surface area contributed by atoms with Crippen molar-refractivity contribution in [1.82, 2.24) is 4.90 Å². The van der Waals surface area contributed by atoms with E-state index in [1.54, 1.807) is 0 Å². The van der Waals surface area contributed by atoms with Gasteiger partial charge in [-0.3, -0.25) is 4.90 Å². The molecule has 2 N–H and O–H groups in total. The second kappa shape index (κ2) is 4.79. The smallest absolute Gasteiger partial charge is 0.0336 e. The second-order valence-electron chi connectivity index (χ2n) is 8.14. The Morgan fingerprint density at radius 2 is 1.83 bits per heavy atom. The minimum atomic E-state index is 0.253. The number of nitrogens with two attached hydrogens (primary N) is 1. The fourth-order valence-corrected chi connectivity index (χ4v) is 4.50. The number of nitrogens with zero attached hydrogens (tertiary/aromatic N) is 1. The van der Waals surface area contributed by atoms with Crippen LogP contribution < -0.4 is 5.73 Å². The quantitative estimate of drug-likeness (QED) is 0.833. The molecule has 0 radical (unpaired) electrons. The maximum atomic E-state index is 6.21. The third kappa shape index (κ3) is 2.91. The first-order chi connectivity index (χ1) is 8.28. The average Bonchev–Trinajstić information content (AvgIpc) is 2.91. The van der Waals surface area contributed by atoms with E-state index >= 15 is 0 Å². The predicted octanol–water partition coefficient (Wildman–Crippen LogP) is 3.12. The molecule has 0 heterocycles. The zero-order valence-corrected chi connectivity index (χ0v) is 13.0. The number of rotatable bonds is 4. The lowest BCUT2D eigenvalue weighted by Gasteiger charge is -2.52. The van der Waals surface area contributed by atoms with Gasteiger partial charge < -0.3 is 5.73 Å². The van der Waals surface area contributed by atoms with E-state index in [4.69, 9.17) is 5.73 Å². The van der Waals surface area contributed by atoms with E-state index in [9.17, 15) is 0 Å². The number of likely N-dealkylation sites (N-methyl/N-ethyl adjacent to an activating group) is 1. The molecule has 0 aliphatic heterocycles. The van der Waals surface area contributed by atoms with Gasteiger partial charge in [0.15, 0.2) is 0 Å². The van der Waals surface area contributed by atoms with E-state index < -0.39 is 0 Å². The molecule has 0 spiro atoms. The predicted molar refractivity (Wildman–Crippen MR) is 78.5 cm³/mol. The van der Waals surface area contributed by atoms with E-state index in [1.807, 2.05) is 0 Å².